The lowest BCUT2D eigenvalue weighted by atomic mass is 10.0. The van der Waals surface area contributed by atoms with Crippen molar-refractivity contribution in [2.75, 3.05) is 5.32 Å². The van der Waals surface area contributed by atoms with Gasteiger partial charge in [0.05, 0.1) is 23.0 Å². The molecule has 0 atom stereocenters. The fraction of sp³-hybridized carbons (Fsp3) is 0. The van der Waals surface area contributed by atoms with Gasteiger partial charge in [-0.15, -0.1) is 11.3 Å². The van der Waals surface area contributed by atoms with Crippen molar-refractivity contribution in [2.24, 2.45) is 0 Å². The molecule has 0 radical (unpaired) electrons. The smallest absolute Gasteiger partial charge is 0.265 e. The fourth-order valence-electron chi connectivity index (χ4n) is 3.07. The molecule has 0 bridgehead atoms. The number of carbonyl (C=O) groups is 1. The Morgan fingerprint density at radius 1 is 1.07 bits per heavy atom. The van der Waals surface area contributed by atoms with Crippen LogP contribution in [0, 0.1) is 0 Å². The topological polar surface area (TPSA) is 83.6 Å². The second-order valence-corrected chi connectivity index (χ2v) is 7.13. The number of nitrogens with one attached hydrogen (secondary N) is 2. The lowest BCUT2D eigenvalue weighted by Crippen LogP contribution is -2.10. The molecule has 4 aromatic heterocycles. The van der Waals surface area contributed by atoms with Crippen LogP contribution in [0.2, 0.25) is 0 Å². The molecule has 0 aliphatic heterocycles. The first-order valence-electron chi connectivity index (χ1n) is 8.30. The van der Waals surface area contributed by atoms with Crippen LogP contribution in [0.15, 0.2) is 67.5 Å². The van der Waals surface area contributed by atoms with Crippen molar-refractivity contribution >= 4 is 44.1 Å². The first-order valence-corrected chi connectivity index (χ1v) is 9.12. The molecule has 6 nitrogen and oxygen atoms in total. The van der Waals surface area contributed by atoms with E-state index in [9.17, 15) is 4.79 Å². The fourth-order valence-corrected chi connectivity index (χ4v) is 4.05. The van der Waals surface area contributed by atoms with E-state index in [1.807, 2.05) is 36.7 Å². The average molecular weight is 371 g/mol. The molecular formula is C20H13N5OS. The van der Waals surface area contributed by atoms with Crippen LogP contribution in [0.3, 0.4) is 0 Å². The van der Waals surface area contributed by atoms with E-state index in [0.29, 0.717) is 10.6 Å². The number of pyridine rings is 1. The molecule has 1 amide bonds. The van der Waals surface area contributed by atoms with E-state index in [1.54, 1.807) is 12.4 Å². The molecule has 5 rings (SSSR count). The van der Waals surface area contributed by atoms with Crippen molar-refractivity contribution in [1.82, 2.24) is 19.9 Å². The number of nitrogens with zero attached hydrogens (tertiary/aromatic N) is 3. The van der Waals surface area contributed by atoms with Crippen LogP contribution >= 0.6 is 11.3 Å². The Labute approximate surface area is 157 Å². The van der Waals surface area contributed by atoms with Crippen LogP contribution in [0.5, 0.6) is 0 Å². The van der Waals surface area contributed by atoms with E-state index < -0.39 is 0 Å². The summed E-state index contributed by atoms with van der Waals surface area (Å²) in [6.07, 6.45) is 8.30. The van der Waals surface area contributed by atoms with Crippen LogP contribution < -0.4 is 5.32 Å². The van der Waals surface area contributed by atoms with E-state index >= 15 is 0 Å². The maximum absolute atomic E-state index is 12.6. The highest BCUT2D eigenvalue weighted by atomic mass is 32.1. The van der Waals surface area contributed by atoms with Crippen LogP contribution in [-0.4, -0.2) is 25.8 Å². The van der Waals surface area contributed by atoms with Gasteiger partial charge in [-0.05, 0) is 29.8 Å². The zero-order valence-corrected chi connectivity index (χ0v) is 14.8. The van der Waals surface area contributed by atoms with E-state index in [1.165, 1.54) is 17.7 Å². The van der Waals surface area contributed by atoms with Gasteiger partial charge in [0.2, 0.25) is 0 Å². The molecule has 4 heterocycles. The number of hydrogen-bond acceptors (Lipinski definition) is 5. The van der Waals surface area contributed by atoms with Gasteiger partial charge < -0.3 is 10.3 Å². The highest BCUT2D eigenvalue weighted by molar-refractivity contribution is 7.21. The van der Waals surface area contributed by atoms with Crippen molar-refractivity contribution in [2.45, 2.75) is 0 Å². The molecule has 0 fully saturated rings. The Kier molecular flexibility index (Phi) is 3.65. The van der Waals surface area contributed by atoms with Gasteiger partial charge in [-0.1, -0.05) is 12.1 Å². The molecular weight excluding hydrogens is 358 g/mol. The lowest BCUT2D eigenvalue weighted by Gasteiger charge is -2.03. The van der Waals surface area contributed by atoms with E-state index in [0.717, 1.165) is 32.2 Å². The Hall–Kier alpha value is -3.58. The molecule has 0 spiro atoms. The summed E-state index contributed by atoms with van der Waals surface area (Å²) in [7, 11) is 0. The summed E-state index contributed by atoms with van der Waals surface area (Å²) in [5, 5.41) is 4.92. The standard InChI is InChI=1S/C20H13N5OS/c26-20(25-14-9-21-11-22-10-14)18-7-16-15(2-1-3-17(16)27-18)13-6-12-4-5-23-19(12)24-8-13/h1-11H,(H,23,24)(H,25,26). The molecule has 5 aromatic rings. The number of fused-ring (bicyclic) bond motifs is 2. The summed E-state index contributed by atoms with van der Waals surface area (Å²) in [6.45, 7) is 0. The number of anilines is 1. The van der Waals surface area contributed by atoms with Gasteiger partial charge in [0.15, 0.2) is 0 Å². The molecule has 0 saturated heterocycles. The molecule has 0 aliphatic rings. The van der Waals surface area contributed by atoms with Gasteiger partial charge in [0.25, 0.3) is 5.91 Å². The number of H-pyrrole nitrogens is 1. The predicted octanol–water partition coefficient (Wildman–Crippen LogP) is 4.49. The lowest BCUT2D eigenvalue weighted by molar-refractivity contribution is 0.103. The monoisotopic (exact) mass is 371 g/mol. The molecule has 2 N–H and O–H groups in total. The number of thiophene rings is 1. The molecule has 7 heteroatoms. The molecule has 0 saturated carbocycles. The summed E-state index contributed by atoms with van der Waals surface area (Å²) in [4.78, 5) is 28.7. The molecule has 27 heavy (non-hydrogen) atoms. The highest BCUT2D eigenvalue weighted by Crippen LogP contribution is 2.35. The summed E-state index contributed by atoms with van der Waals surface area (Å²) in [5.74, 6) is -0.170. The minimum absolute atomic E-state index is 0.170. The number of hydrogen-bond donors (Lipinski definition) is 2. The quantitative estimate of drug-likeness (QED) is 0.489. The Balaban J connectivity index is 1.56. The molecule has 0 aliphatic carbocycles. The summed E-state index contributed by atoms with van der Waals surface area (Å²) in [6, 6.07) is 12.1. The van der Waals surface area contributed by atoms with Crippen LogP contribution in [0.1, 0.15) is 9.67 Å². The Morgan fingerprint density at radius 3 is 2.85 bits per heavy atom. The van der Waals surface area contributed by atoms with Crippen LogP contribution in [-0.2, 0) is 0 Å². The second kappa shape index (κ2) is 6.30. The van der Waals surface area contributed by atoms with Crippen molar-refractivity contribution < 1.29 is 4.79 Å². The highest BCUT2D eigenvalue weighted by Gasteiger charge is 2.14. The van der Waals surface area contributed by atoms with Gasteiger partial charge in [-0.2, -0.15) is 0 Å². The number of carbonyl (C=O) groups excluding carboxylic acids is 1. The average Bonchev–Trinajstić information content (AvgIpc) is 3.34. The zero-order valence-electron chi connectivity index (χ0n) is 14.0. The minimum Gasteiger partial charge on any atom is -0.346 e. The van der Waals surface area contributed by atoms with Gasteiger partial charge in [0, 0.05) is 33.4 Å². The van der Waals surface area contributed by atoms with Gasteiger partial charge in [-0.25, -0.2) is 15.0 Å². The summed E-state index contributed by atoms with van der Waals surface area (Å²) < 4.78 is 1.05. The molecule has 130 valence electrons. The van der Waals surface area contributed by atoms with Crippen molar-refractivity contribution in [3.05, 3.63) is 72.4 Å². The first kappa shape index (κ1) is 15.7. The summed E-state index contributed by atoms with van der Waals surface area (Å²) in [5.41, 5.74) is 3.51. The largest absolute Gasteiger partial charge is 0.346 e. The molecule has 0 unspecified atom stereocenters. The van der Waals surface area contributed by atoms with Gasteiger partial charge >= 0.3 is 0 Å². The van der Waals surface area contributed by atoms with Crippen molar-refractivity contribution in [3.63, 3.8) is 0 Å². The van der Waals surface area contributed by atoms with E-state index in [2.05, 4.69) is 37.4 Å². The summed E-state index contributed by atoms with van der Waals surface area (Å²) >= 11 is 1.46. The number of rotatable bonds is 3. The van der Waals surface area contributed by atoms with Gasteiger partial charge in [-0.3, -0.25) is 4.79 Å². The third kappa shape index (κ3) is 2.84. The third-order valence-corrected chi connectivity index (χ3v) is 5.41. The number of aromatic nitrogens is 4. The Bertz CT molecular complexity index is 1280. The third-order valence-electron chi connectivity index (χ3n) is 4.31. The first-order chi connectivity index (χ1) is 13.3. The number of amides is 1. The van der Waals surface area contributed by atoms with E-state index in [4.69, 9.17) is 0 Å². The number of benzene rings is 1. The van der Waals surface area contributed by atoms with Crippen molar-refractivity contribution in [1.29, 1.82) is 0 Å². The second-order valence-electron chi connectivity index (χ2n) is 6.05. The zero-order chi connectivity index (χ0) is 18.2. The van der Waals surface area contributed by atoms with E-state index in [-0.39, 0.29) is 5.91 Å². The predicted molar refractivity (Wildman–Crippen MR) is 107 cm³/mol. The Morgan fingerprint density at radius 2 is 1.96 bits per heavy atom. The maximum atomic E-state index is 12.6. The molecule has 1 aromatic carbocycles. The minimum atomic E-state index is -0.170. The maximum Gasteiger partial charge on any atom is 0.265 e. The SMILES string of the molecule is O=C(Nc1cncnc1)c1cc2c(-c3cnc4[nH]ccc4c3)cccc2s1. The van der Waals surface area contributed by atoms with Crippen LogP contribution in [0.25, 0.3) is 32.2 Å². The van der Waals surface area contributed by atoms with Crippen molar-refractivity contribution in [3.8, 4) is 11.1 Å². The normalized spacial score (nSPS) is 11.1. The number of aromatic amines is 1. The van der Waals surface area contributed by atoms with Crippen LogP contribution in [0.4, 0.5) is 5.69 Å². The van der Waals surface area contributed by atoms with Gasteiger partial charge in [0.1, 0.15) is 12.0 Å².